The number of halogens is 3. The van der Waals surface area contributed by atoms with Gasteiger partial charge in [-0.25, -0.2) is 4.98 Å². The quantitative estimate of drug-likeness (QED) is 0.460. The largest absolute Gasteiger partial charge is 0.508 e. The molecule has 34 heavy (non-hydrogen) atoms. The Kier molecular flexibility index (Phi) is 6.14. The van der Waals surface area contributed by atoms with E-state index in [1.807, 2.05) is 51.1 Å². The summed E-state index contributed by atoms with van der Waals surface area (Å²) < 4.78 is 39.7. The molecule has 0 saturated carbocycles. The number of carbonyl (C=O) groups is 1. The second-order valence-electron chi connectivity index (χ2n) is 9.58. The summed E-state index contributed by atoms with van der Waals surface area (Å²) in [5.74, 6) is -0.386. The van der Waals surface area contributed by atoms with E-state index in [0.717, 1.165) is 22.9 Å². The predicted molar refractivity (Wildman–Crippen MR) is 125 cm³/mol. The van der Waals surface area contributed by atoms with Crippen LogP contribution in [0.3, 0.4) is 0 Å². The monoisotopic (exact) mass is 468 g/mol. The Morgan fingerprint density at radius 1 is 1.00 bits per heavy atom. The Morgan fingerprint density at radius 3 is 2.29 bits per heavy atom. The fourth-order valence-electron chi connectivity index (χ4n) is 4.72. The average Bonchev–Trinajstić information content (AvgIpc) is 3.09. The van der Waals surface area contributed by atoms with Gasteiger partial charge in [0, 0.05) is 22.7 Å². The van der Waals surface area contributed by atoms with Crippen LogP contribution in [0.1, 0.15) is 55.2 Å². The van der Waals surface area contributed by atoms with E-state index in [0.29, 0.717) is 18.5 Å². The van der Waals surface area contributed by atoms with Crippen LogP contribution in [0.4, 0.5) is 18.9 Å². The minimum absolute atomic E-state index is 0.0859. The van der Waals surface area contributed by atoms with Crippen LogP contribution >= 0.6 is 0 Å². The first-order chi connectivity index (χ1) is 16.0. The van der Waals surface area contributed by atoms with Gasteiger partial charge in [0.25, 0.3) is 0 Å². The molecule has 7 heteroatoms. The molecule has 0 radical (unpaired) electrons. The van der Waals surface area contributed by atoms with Gasteiger partial charge in [-0.2, -0.15) is 13.2 Å². The maximum Gasteiger partial charge on any atom is 0.433 e. The van der Waals surface area contributed by atoms with Crippen LogP contribution < -0.4 is 4.90 Å². The SMILES string of the molecule is Cc1ccc(N2C(=O)[C@H](CC(C)(C)c3cccc(C(F)(F)F)n3)C[C@@H]2c2cccc(O)c2)cc1. The highest BCUT2D eigenvalue weighted by Crippen LogP contribution is 2.45. The Balaban J connectivity index is 1.67. The minimum atomic E-state index is -4.53. The van der Waals surface area contributed by atoms with Gasteiger partial charge in [-0.15, -0.1) is 0 Å². The van der Waals surface area contributed by atoms with Crippen molar-refractivity contribution in [3.63, 3.8) is 0 Å². The molecule has 3 aromatic rings. The van der Waals surface area contributed by atoms with Gasteiger partial charge in [0.15, 0.2) is 0 Å². The molecule has 2 atom stereocenters. The fourth-order valence-corrected chi connectivity index (χ4v) is 4.72. The smallest absolute Gasteiger partial charge is 0.433 e. The first-order valence-corrected chi connectivity index (χ1v) is 11.2. The van der Waals surface area contributed by atoms with Crippen molar-refractivity contribution in [2.24, 2.45) is 5.92 Å². The molecule has 1 aliphatic heterocycles. The van der Waals surface area contributed by atoms with E-state index in [-0.39, 0.29) is 17.7 Å². The number of phenolic OH excluding ortho intramolecular Hbond substituents is 1. The van der Waals surface area contributed by atoms with Crippen LogP contribution in [0.15, 0.2) is 66.7 Å². The van der Waals surface area contributed by atoms with E-state index in [2.05, 4.69) is 4.98 Å². The van der Waals surface area contributed by atoms with Gasteiger partial charge in [0.1, 0.15) is 11.4 Å². The summed E-state index contributed by atoms with van der Waals surface area (Å²) in [4.78, 5) is 19.3. The Morgan fingerprint density at radius 2 is 1.65 bits per heavy atom. The number of amides is 1. The first-order valence-electron chi connectivity index (χ1n) is 11.2. The maximum atomic E-state index is 13.7. The summed E-state index contributed by atoms with van der Waals surface area (Å²) in [5.41, 5.74) is 1.24. The molecular weight excluding hydrogens is 441 g/mol. The number of aromatic nitrogens is 1. The highest BCUT2D eigenvalue weighted by atomic mass is 19.4. The molecule has 4 rings (SSSR count). The van der Waals surface area contributed by atoms with E-state index >= 15 is 0 Å². The van der Waals surface area contributed by atoms with Crippen LogP contribution in [0.2, 0.25) is 0 Å². The summed E-state index contributed by atoms with van der Waals surface area (Å²) in [6.07, 6.45) is -3.70. The number of hydrogen-bond donors (Lipinski definition) is 1. The van der Waals surface area contributed by atoms with Gasteiger partial charge in [-0.3, -0.25) is 4.79 Å². The fraction of sp³-hybridized carbons (Fsp3) is 0.333. The molecule has 1 N–H and O–H groups in total. The number of anilines is 1. The minimum Gasteiger partial charge on any atom is -0.508 e. The van der Waals surface area contributed by atoms with Gasteiger partial charge in [-0.1, -0.05) is 49.7 Å². The van der Waals surface area contributed by atoms with Crippen molar-refractivity contribution < 1.29 is 23.1 Å². The topological polar surface area (TPSA) is 53.4 Å². The maximum absolute atomic E-state index is 13.7. The molecule has 1 fully saturated rings. The molecule has 1 saturated heterocycles. The van der Waals surface area contributed by atoms with E-state index in [1.54, 1.807) is 29.2 Å². The van der Waals surface area contributed by atoms with Crippen LogP contribution in [-0.2, 0) is 16.4 Å². The van der Waals surface area contributed by atoms with E-state index < -0.39 is 23.2 Å². The summed E-state index contributed by atoms with van der Waals surface area (Å²) in [6.45, 7) is 5.61. The number of pyridine rings is 1. The number of nitrogens with zero attached hydrogens (tertiary/aromatic N) is 2. The van der Waals surface area contributed by atoms with Crippen molar-refractivity contribution >= 4 is 11.6 Å². The lowest BCUT2D eigenvalue weighted by molar-refractivity contribution is -0.141. The number of aromatic hydroxyl groups is 1. The standard InChI is InChI=1S/C27H27F3N2O2/c1-17-10-12-20(13-11-17)32-22(18-6-4-7-21(33)14-18)15-19(25(32)34)16-26(2,3)23-8-5-9-24(31-23)27(28,29)30/h4-14,19,22,33H,15-16H2,1-3H3/t19-,22+/m0/s1. The molecule has 0 spiro atoms. The van der Waals surface area contributed by atoms with Crippen molar-refractivity contribution in [1.29, 1.82) is 0 Å². The third-order valence-electron chi connectivity index (χ3n) is 6.46. The van der Waals surface area contributed by atoms with Gasteiger partial charge >= 0.3 is 6.18 Å². The zero-order valence-electron chi connectivity index (χ0n) is 19.3. The molecule has 178 valence electrons. The number of aryl methyl sites for hydroxylation is 1. The van der Waals surface area contributed by atoms with E-state index in [4.69, 9.17) is 0 Å². The first kappa shape index (κ1) is 23.8. The highest BCUT2D eigenvalue weighted by molar-refractivity contribution is 5.98. The average molecular weight is 469 g/mol. The van der Waals surface area contributed by atoms with E-state index in [9.17, 15) is 23.1 Å². The summed E-state index contributed by atoms with van der Waals surface area (Å²) >= 11 is 0. The molecule has 4 nitrogen and oxygen atoms in total. The predicted octanol–water partition coefficient (Wildman–Crippen LogP) is 6.58. The van der Waals surface area contributed by atoms with Gasteiger partial charge in [0.2, 0.25) is 5.91 Å². The Labute approximate surface area is 197 Å². The molecule has 0 aliphatic carbocycles. The molecular formula is C27H27F3N2O2. The van der Waals surface area contributed by atoms with Crippen molar-refractivity contribution in [1.82, 2.24) is 4.98 Å². The molecule has 1 aliphatic rings. The summed E-state index contributed by atoms with van der Waals surface area (Å²) in [6, 6.07) is 18.1. The summed E-state index contributed by atoms with van der Waals surface area (Å²) in [7, 11) is 0. The molecule has 1 aromatic heterocycles. The molecule has 2 aromatic carbocycles. The lowest BCUT2D eigenvalue weighted by Crippen LogP contribution is -2.32. The second kappa shape index (κ2) is 8.78. The number of phenols is 1. The van der Waals surface area contributed by atoms with Crippen LogP contribution in [0, 0.1) is 12.8 Å². The van der Waals surface area contributed by atoms with Crippen LogP contribution in [0.25, 0.3) is 0 Å². The number of hydrogen-bond acceptors (Lipinski definition) is 3. The Bertz CT molecular complexity index is 1190. The van der Waals surface area contributed by atoms with Crippen molar-refractivity contribution in [3.05, 3.63) is 89.2 Å². The normalized spacial score (nSPS) is 19.0. The lowest BCUT2D eigenvalue weighted by Gasteiger charge is -2.27. The third kappa shape index (κ3) is 4.79. The Hall–Kier alpha value is -3.35. The third-order valence-corrected chi connectivity index (χ3v) is 6.46. The van der Waals surface area contributed by atoms with Crippen molar-refractivity contribution in [3.8, 4) is 5.75 Å². The molecule has 2 heterocycles. The number of alkyl halides is 3. The van der Waals surface area contributed by atoms with Gasteiger partial charge < -0.3 is 10.0 Å². The number of benzene rings is 2. The lowest BCUT2D eigenvalue weighted by atomic mass is 9.78. The zero-order chi connectivity index (χ0) is 24.7. The van der Waals surface area contributed by atoms with Crippen molar-refractivity contribution in [2.45, 2.75) is 51.2 Å². The molecule has 1 amide bonds. The molecule has 0 unspecified atom stereocenters. The van der Waals surface area contributed by atoms with Crippen LogP contribution in [-0.4, -0.2) is 16.0 Å². The van der Waals surface area contributed by atoms with Crippen molar-refractivity contribution in [2.75, 3.05) is 4.90 Å². The van der Waals surface area contributed by atoms with Gasteiger partial charge in [-0.05, 0) is 61.7 Å². The van der Waals surface area contributed by atoms with Gasteiger partial charge in [0.05, 0.1) is 6.04 Å². The second-order valence-corrected chi connectivity index (χ2v) is 9.58. The highest BCUT2D eigenvalue weighted by Gasteiger charge is 2.44. The summed E-state index contributed by atoms with van der Waals surface area (Å²) in [5, 5.41) is 10.0. The number of carbonyl (C=O) groups excluding carboxylic acids is 1. The number of rotatable bonds is 5. The van der Waals surface area contributed by atoms with Crippen LogP contribution in [0.5, 0.6) is 5.75 Å². The molecule has 0 bridgehead atoms. The zero-order valence-corrected chi connectivity index (χ0v) is 19.3. The van der Waals surface area contributed by atoms with E-state index in [1.165, 1.54) is 6.07 Å².